The van der Waals surface area contributed by atoms with Gasteiger partial charge >= 0.3 is 0 Å². The highest BCUT2D eigenvalue weighted by Crippen LogP contribution is 2.08. The molecule has 0 saturated carbocycles. The standard InChI is InChI=1S/C12H22N2O2/c1-2-3-4-5-8-14-9-7-13-12(16)11(14)6-10-15/h4-5,11,15H,2-3,6-10H2,1H3,(H,13,16)/b5-4+. The molecule has 1 amide bonds. The third-order valence-electron chi connectivity index (χ3n) is 2.81. The summed E-state index contributed by atoms with van der Waals surface area (Å²) >= 11 is 0. The van der Waals surface area contributed by atoms with Gasteiger partial charge in [0.2, 0.25) is 5.91 Å². The number of amides is 1. The Balaban J connectivity index is 2.44. The number of carbonyl (C=O) groups excluding carboxylic acids is 1. The third-order valence-corrected chi connectivity index (χ3v) is 2.81. The van der Waals surface area contributed by atoms with E-state index in [4.69, 9.17) is 5.11 Å². The first-order chi connectivity index (χ1) is 7.79. The lowest BCUT2D eigenvalue weighted by atomic mass is 10.1. The second kappa shape index (κ2) is 7.41. The van der Waals surface area contributed by atoms with Crippen LogP contribution in [0, 0.1) is 0 Å². The van der Waals surface area contributed by atoms with Gasteiger partial charge in [-0.1, -0.05) is 25.5 Å². The zero-order valence-corrected chi connectivity index (χ0v) is 9.98. The molecule has 2 N–H and O–H groups in total. The lowest BCUT2D eigenvalue weighted by Crippen LogP contribution is -2.55. The predicted molar refractivity (Wildman–Crippen MR) is 64.1 cm³/mol. The summed E-state index contributed by atoms with van der Waals surface area (Å²) in [5, 5.41) is 11.8. The summed E-state index contributed by atoms with van der Waals surface area (Å²) in [6.45, 7) is 4.59. The maximum absolute atomic E-state index is 11.6. The van der Waals surface area contributed by atoms with Gasteiger partial charge in [0.05, 0.1) is 6.04 Å². The highest BCUT2D eigenvalue weighted by molar-refractivity contribution is 5.82. The molecule has 1 fully saturated rings. The van der Waals surface area contributed by atoms with Crippen LogP contribution in [0.1, 0.15) is 26.2 Å². The second-order valence-corrected chi connectivity index (χ2v) is 4.07. The Kier molecular flexibility index (Phi) is 6.11. The van der Waals surface area contributed by atoms with E-state index in [2.05, 4.69) is 29.3 Å². The topological polar surface area (TPSA) is 52.6 Å². The van der Waals surface area contributed by atoms with Crippen LogP contribution in [0.2, 0.25) is 0 Å². The van der Waals surface area contributed by atoms with Gasteiger partial charge in [0.1, 0.15) is 0 Å². The molecule has 0 bridgehead atoms. The minimum atomic E-state index is -0.162. The van der Waals surface area contributed by atoms with Gasteiger partial charge in [-0.15, -0.1) is 0 Å². The van der Waals surface area contributed by atoms with Gasteiger partial charge in [-0.2, -0.15) is 0 Å². The number of rotatable bonds is 6. The Morgan fingerprint density at radius 2 is 2.38 bits per heavy atom. The van der Waals surface area contributed by atoms with Gasteiger partial charge in [0.25, 0.3) is 0 Å². The minimum Gasteiger partial charge on any atom is -0.396 e. The van der Waals surface area contributed by atoms with E-state index in [1.54, 1.807) is 0 Å². The number of unbranched alkanes of at least 4 members (excludes halogenated alkanes) is 1. The van der Waals surface area contributed by atoms with E-state index in [9.17, 15) is 4.79 Å². The fourth-order valence-electron chi connectivity index (χ4n) is 1.91. The number of carbonyl (C=O) groups is 1. The summed E-state index contributed by atoms with van der Waals surface area (Å²) in [6.07, 6.45) is 7.03. The lowest BCUT2D eigenvalue weighted by Gasteiger charge is -2.33. The first-order valence-corrected chi connectivity index (χ1v) is 6.07. The molecule has 0 aromatic heterocycles. The first-order valence-electron chi connectivity index (χ1n) is 6.07. The molecule has 4 heteroatoms. The van der Waals surface area contributed by atoms with Crippen molar-refractivity contribution in [2.45, 2.75) is 32.2 Å². The molecule has 1 heterocycles. The quantitative estimate of drug-likeness (QED) is 0.649. The molecule has 0 spiro atoms. The van der Waals surface area contributed by atoms with E-state index in [0.717, 1.165) is 25.9 Å². The second-order valence-electron chi connectivity index (χ2n) is 4.07. The Morgan fingerprint density at radius 1 is 1.56 bits per heavy atom. The number of piperazine rings is 1. The molecule has 1 saturated heterocycles. The number of allylic oxidation sites excluding steroid dienone is 1. The van der Waals surface area contributed by atoms with Gasteiger partial charge in [-0.05, 0) is 12.8 Å². The number of nitrogens with zero attached hydrogens (tertiary/aromatic N) is 1. The van der Waals surface area contributed by atoms with Crippen LogP contribution >= 0.6 is 0 Å². The molecule has 4 nitrogen and oxygen atoms in total. The Morgan fingerprint density at radius 3 is 3.06 bits per heavy atom. The van der Waals surface area contributed by atoms with Crippen molar-refractivity contribution in [3.8, 4) is 0 Å². The van der Waals surface area contributed by atoms with Gasteiger partial charge < -0.3 is 10.4 Å². The van der Waals surface area contributed by atoms with Gasteiger partial charge in [-0.3, -0.25) is 9.69 Å². The Bertz CT molecular complexity index is 241. The molecule has 1 rings (SSSR count). The molecule has 16 heavy (non-hydrogen) atoms. The molecule has 1 aliphatic rings. The SMILES string of the molecule is CCC/C=C/CN1CCNC(=O)C1CCO. The molecular formula is C12H22N2O2. The van der Waals surface area contributed by atoms with Crippen LogP contribution in [-0.2, 0) is 4.79 Å². The fourth-order valence-corrected chi connectivity index (χ4v) is 1.91. The van der Waals surface area contributed by atoms with Crippen LogP contribution in [0.4, 0.5) is 0 Å². The normalized spacial score (nSPS) is 22.6. The van der Waals surface area contributed by atoms with Crippen LogP contribution in [0.3, 0.4) is 0 Å². The number of hydrogen-bond acceptors (Lipinski definition) is 3. The highest BCUT2D eigenvalue weighted by Gasteiger charge is 2.27. The summed E-state index contributed by atoms with van der Waals surface area (Å²) in [6, 6.07) is -0.162. The Labute approximate surface area is 97.3 Å². The molecule has 0 radical (unpaired) electrons. The van der Waals surface area contributed by atoms with Crippen molar-refractivity contribution in [2.24, 2.45) is 0 Å². The van der Waals surface area contributed by atoms with Crippen molar-refractivity contribution in [3.05, 3.63) is 12.2 Å². The molecule has 92 valence electrons. The summed E-state index contributed by atoms with van der Waals surface area (Å²) in [5.74, 6) is 0.0455. The average Bonchev–Trinajstić information content (AvgIpc) is 2.29. The zero-order chi connectivity index (χ0) is 11.8. The maximum Gasteiger partial charge on any atom is 0.237 e. The number of nitrogens with one attached hydrogen (secondary N) is 1. The first kappa shape index (κ1) is 13.2. The van der Waals surface area contributed by atoms with E-state index in [1.807, 2.05) is 0 Å². The highest BCUT2D eigenvalue weighted by atomic mass is 16.3. The Hall–Kier alpha value is -0.870. The number of hydrogen-bond donors (Lipinski definition) is 2. The predicted octanol–water partition coefficient (Wildman–Crippen LogP) is 0.526. The van der Waals surface area contributed by atoms with Crippen molar-refractivity contribution in [1.29, 1.82) is 0 Å². The van der Waals surface area contributed by atoms with Crippen LogP contribution in [0.5, 0.6) is 0 Å². The third kappa shape index (κ3) is 3.94. The van der Waals surface area contributed by atoms with Crippen molar-refractivity contribution in [1.82, 2.24) is 10.2 Å². The summed E-state index contributed by atoms with van der Waals surface area (Å²) in [4.78, 5) is 13.7. The van der Waals surface area contributed by atoms with Crippen LogP contribution in [0.25, 0.3) is 0 Å². The zero-order valence-electron chi connectivity index (χ0n) is 9.98. The van der Waals surface area contributed by atoms with Crippen LogP contribution < -0.4 is 5.32 Å². The van der Waals surface area contributed by atoms with Crippen molar-refractivity contribution < 1.29 is 9.90 Å². The largest absolute Gasteiger partial charge is 0.396 e. The molecule has 0 aromatic rings. The molecule has 1 unspecified atom stereocenters. The number of aliphatic hydroxyl groups is 1. The van der Waals surface area contributed by atoms with Gasteiger partial charge in [0, 0.05) is 26.2 Å². The summed E-state index contributed by atoms with van der Waals surface area (Å²) < 4.78 is 0. The monoisotopic (exact) mass is 226 g/mol. The van der Waals surface area contributed by atoms with Gasteiger partial charge in [-0.25, -0.2) is 0 Å². The van der Waals surface area contributed by atoms with Crippen molar-refractivity contribution in [3.63, 3.8) is 0 Å². The van der Waals surface area contributed by atoms with Crippen molar-refractivity contribution >= 4 is 5.91 Å². The fraction of sp³-hybridized carbons (Fsp3) is 0.750. The molecular weight excluding hydrogens is 204 g/mol. The average molecular weight is 226 g/mol. The smallest absolute Gasteiger partial charge is 0.237 e. The lowest BCUT2D eigenvalue weighted by molar-refractivity contribution is -0.129. The summed E-state index contributed by atoms with van der Waals surface area (Å²) in [5.41, 5.74) is 0. The summed E-state index contributed by atoms with van der Waals surface area (Å²) in [7, 11) is 0. The molecule has 1 atom stereocenters. The molecule has 1 aliphatic heterocycles. The molecule has 0 aliphatic carbocycles. The van der Waals surface area contributed by atoms with E-state index in [1.165, 1.54) is 0 Å². The van der Waals surface area contributed by atoms with Crippen LogP contribution in [0.15, 0.2) is 12.2 Å². The van der Waals surface area contributed by atoms with E-state index >= 15 is 0 Å². The molecule has 0 aromatic carbocycles. The minimum absolute atomic E-state index is 0.0455. The van der Waals surface area contributed by atoms with E-state index in [-0.39, 0.29) is 18.6 Å². The van der Waals surface area contributed by atoms with E-state index < -0.39 is 0 Å². The van der Waals surface area contributed by atoms with Gasteiger partial charge in [0.15, 0.2) is 0 Å². The van der Waals surface area contributed by atoms with Crippen molar-refractivity contribution in [2.75, 3.05) is 26.2 Å². The number of aliphatic hydroxyl groups excluding tert-OH is 1. The maximum atomic E-state index is 11.6. The van der Waals surface area contributed by atoms with E-state index in [0.29, 0.717) is 13.0 Å². The van der Waals surface area contributed by atoms with Crippen LogP contribution in [-0.4, -0.2) is 48.2 Å².